The van der Waals surface area contributed by atoms with Crippen LogP contribution in [0.5, 0.6) is 0 Å². The van der Waals surface area contributed by atoms with Crippen LogP contribution in [0.15, 0.2) is 85.2 Å². The summed E-state index contributed by atoms with van der Waals surface area (Å²) in [5.41, 5.74) is 3.96. The molecular formula is C25H23N3O3. The third-order valence-corrected chi connectivity index (χ3v) is 4.98. The summed E-state index contributed by atoms with van der Waals surface area (Å²) in [7, 11) is 0. The number of carbonyl (C=O) groups excluding carboxylic acids is 2. The molecule has 0 fully saturated rings. The molecule has 6 nitrogen and oxygen atoms in total. The number of ether oxygens (including phenoxy) is 1. The average molecular weight is 413 g/mol. The highest BCUT2D eigenvalue weighted by Gasteiger charge is 2.18. The number of nitrogens with one attached hydrogen (secondary N) is 1. The predicted molar refractivity (Wildman–Crippen MR) is 118 cm³/mol. The van der Waals surface area contributed by atoms with E-state index in [1.807, 2.05) is 85.9 Å². The van der Waals surface area contributed by atoms with Gasteiger partial charge in [0.2, 0.25) is 0 Å². The van der Waals surface area contributed by atoms with E-state index in [4.69, 9.17) is 4.74 Å². The quantitative estimate of drug-likeness (QED) is 0.467. The van der Waals surface area contributed by atoms with E-state index in [1.54, 1.807) is 10.6 Å². The maximum atomic E-state index is 12.6. The lowest BCUT2D eigenvalue weighted by molar-refractivity contribution is -0.125. The highest BCUT2D eigenvalue weighted by molar-refractivity contribution is 5.90. The number of fused-ring (bicyclic) bond motifs is 1. The maximum Gasteiger partial charge on any atom is 0.359 e. The summed E-state index contributed by atoms with van der Waals surface area (Å²) in [5, 5.41) is 2.98. The molecule has 156 valence electrons. The normalized spacial score (nSPS) is 11.8. The molecule has 0 aliphatic rings. The number of imidazole rings is 1. The Labute approximate surface area is 180 Å². The summed E-state index contributed by atoms with van der Waals surface area (Å²) >= 11 is 0. The molecule has 31 heavy (non-hydrogen) atoms. The fraction of sp³-hybridized carbons (Fsp3) is 0.160. The van der Waals surface area contributed by atoms with Crippen molar-refractivity contribution in [2.45, 2.75) is 19.4 Å². The summed E-state index contributed by atoms with van der Waals surface area (Å²) in [6.45, 7) is 1.58. The Bertz CT molecular complexity index is 1190. The molecule has 0 spiro atoms. The minimum Gasteiger partial charge on any atom is -0.451 e. The highest BCUT2D eigenvalue weighted by Crippen LogP contribution is 2.18. The molecule has 0 saturated heterocycles. The molecule has 4 aromatic rings. The molecule has 1 amide bonds. The molecule has 1 atom stereocenters. The van der Waals surface area contributed by atoms with Gasteiger partial charge in [0.05, 0.1) is 6.04 Å². The standard InChI is InChI=1S/C25H23N3O3/c1-18-12-13-28-16-22(26-23(28)14-18)25(30)31-17-24(29)27-21(20-10-6-3-7-11-20)15-19-8-4-2-5-9-19/h2-14,16,21H,15,17H2,1H3,(H,27,29). The lowest BCUT2D eigenvalue weighted by atomic mass is 9.99. The second kappa shape index (κ2) is 9.26. The molecule has 1 N–H and O–H groups in total. The van der Waals surface area contributed by atoms with Gasteiger partial charge in [-0.2, -0.15) is 0 Å². The Balaban J connectivity index is 1.40. The van der Waals surface area contributed by atoms with Crippen molar-refractivity contribution >= 4 is 17.5 Å². The van der Waals surface area contributed by atoms with Crippen molar-refractivity contribution in [2.24, 2.45) is 0 Å². The van der Waals surface area contributed by atoms with Gasteiger partial charge in [0.25, 0.3) is 5.91 Å². The van der Waals surface area contributed by atoms with Crippen molar-refractivity contribution < 1.29 is 14.3 Å². The van der Waals surface area contributed by atoms with Crippen LogP contribution in [0.2, 0.25) is 0 Å². The van der Waals surface area contributed by atoms with E-state index < -0.39 is 5.97 Å². The third-order valence-electron chi connectivity index (χ3n) is 4.98. The number of aromatic nitrogens is 2. The molecule has 0 aliphatic carbocycles. The van der Waals surface area contributed by atoms with Gasteiger partial charge in [0.1, 0.15) is 5.65 Å². The molecule has 0 saturated carbocycles. The van der Waals surface area contributed by atoms with Crippen LogP contribution in [0.4, 0.5) is 0 Å². The number of rotatable bonds is 7. The van der Waals surface area contributed by atoms with Gasteiger partial charge in [-0.1, -0.05) is 60.7 Å². The van der Waals surface area contributed by atoms with Crippen molar-refractivity contribution in [1.82, 2.24) is 14.7 Å². The van der Waals surface area contributed by atoms with Crippen LogP contribution in [0.1, 0.15) is 33.2 Å². The molecule has 0 aliphatic heterocycles. The number of hydrogen-bond acceptors (Lipinski definition) is 4. The lowest BCUT2D eigenvalue weighted by Crippen LogP contribution is -2.33. The zero-order chi connectivity index (χ0) is 21.6. The minimum atomic E-state index is -0.629. The van der Waals surface area contributed by atoms with Crippen molar-refractivity contribution in [1.29, 1.82) is 0 Å². The van der Waals surface area contributed by atoms with Gasteiger partial charge in [-0.3, -0.25) is 4.79 Å². The smallest absolute Gasteiger partial charge is 0.359 e. The van der Waals surface area contributed by atoms with Crippen molar-refractivity contribution in [3.05, 3.63) is 108 Å². The lowest BCUT2D eigenvalue weighted by Gasteiger charge is -2.19. The van der Waals surface area contributed by atoms with E-state index in [1.165, 1.54) is 0 Å². The number of nitrogens with zero attached hydrogens (tertiary/aromatic N) is 2. The van der Waals surface area contributed by atoms with E-state index in [-0.39, 0.29) is 24.2 Å². The van der Waals surface area contributed by atoms with Crippen LogP contribution >= 0.6 is 0 Å². The predicted octanol–water partition coefficient (Wildman–Crippen LogP) is 3.90. The number of aryl methyl sites for hydroxylation is 1. The maximum absolute atomic E-state index is 12.6. The van der Waals surface area contributed by atoms with Crippen LogP contribution < -0.4 is 5.32 Å². The fourth-order valence-corrected chi connectivity index (χ4v) is 3.41. The molecule has 0 bridgehead atoms. The molecule has 2 heterocycles. The van der Waals surface area contributed by atoms with E-state index in [9.17, 15) is 9.59 Å². The summed E-state index contributed by atoms with van der Waals surface area (Å²) in [6, 6.07) is 23.3. The largest absolute Gasteiger partial charge is 0.451 e. The molecule has 2 aromatic carbocycles. The summed E-state index contributed by atoms with van der Waals surface area (Å²) in [6.07, 6.45) is 4.06. The van der Waals surface area contributed by atoms with Gasteiger partial charge in [-0.05, 0) is 42.2 Å². The monoisotopic (exact) mass is 413 g/mol. The topological polar surface area (TPSA) is 72.7 Å². The summed E-state index contributed by atoms with van der Waals surface area (Å²) < 4.78 is 6.95. The zero-order valence-corrected chi connectivity index (χ0v) is 17.2. The fourth-order valence-electron chi connectivity index (χ4n) is 3.41. The Morgan fingerprint density at radius 2 is 1.74 bits per heavy atom. The average Bonchev–Trinajstić information content (AvgIpc) is 3.22. The number of carbonyl (C=O) groups is 2. The number of hydrogen-bond donors (Lipinski definition) is 1. The highest BCUT2D eigenvalue weighted by atomic mass is 16.5. The molecule has 6 heteroatoms. The van der Waals surface area contributed by atoms with Gasteiger partial charge in [-0.25, -0.2) is 9.78 Å². The molecule has 0 radical (unpaired) electrons. The number of amides is 1. The molecule has 4 rings (SSSR count). The number of pyridine rings is 1. The van der Waals surface area contributed by atoms with E-state index in [2.05, 4.69) is 10.3 Å². The Morgan fingerprint density at radius 1 is 1.03 bits per heavy atom. The van der Waals surface area contributed by atoms with Gasteiger partial charge in [0.15, 0.2) is 12.3 Å². The van der Waals surface area contributed by atoms with Gasteiger partial charge >= 0.3 is 5.97 Å². The first-order valence-corrected chi connectivity index (χ1v) is 10.1. The van der Waals surface area contributed by atoms with Gasteiger partial charge < -0.3 is 14.5 Å². The van der Waals surface area contributed by atoms with E-state index >= 15 is 0 Å². The van der Waals surface area contributed by atoms with Crippen molar-refractivity contribution in [2.75, 3.05) is 6.61 Å². The second-order valence-corrected chi connectivity index (χ2v) is 7.39. The molecule has 1 unspecified atom stereocenters. The first-order chi connectivity index (χ1) is 15.1. The zero-order valence-electron chi connectivity index (χ0n) is 17.2. The van der Waals surface area contributed by atoms with Crippen LogP contribution in [0.25, 0.3) is 5.65 Å². The van der Waals surface area contributed by atoms with Crippen LogP contribution in [0, 0.1) is 6.92 Å². The van der Waals surface area contributed by atoms with Crippen LogP contribution in [0.3, 0.4) is 0 Å². The minimum absolute atomic E-state index is 0.169. The third kappa shape index (κ3) is 5.17. The van der Waals surface area contributed by atoms with Crippen molar-refractivity contribution in [3.8, 4) is 0 Å². The van der Waals surface area contributed by atoms with Crippen molar-refractivity contribution in [3.63, 3.8) is 0 Å². The molecular weight excluding hydrogens is 390 g/mol. The SMILES string of the molecule is Cc1ccn2cc(C(=O)OCC(=O)NC(Cc3ccccc3)c3ccccc3)nc2c1. The van der Waals surface area contributed by atoms with E-state index in [0.29, 0.717) is 12.1 Å². The van der Waals surface area contributed by atoms with Gasteiger partial charge in [-0.15, -0.1) is 0 Å². The Morgan fingerprint density at radius 3 is 2.48 bits per heavy atom. The van der Waals surface area contributed by atoms with Gasteiger partial charge in [0, 0.05) is 12.4 Å². The van der Waals surface area contributed by atoms with Crippen LogP contribution in [-0.2, 0) is 16.0 Å². The summed E-state index contributed by atoms with van der Waals surface area (Å²) in [4.78, 5) is 29.2. The van der Waals surface area contributed by atoms with Crippen LogP contribution in [-0.4, -0.2) is 27.9 Å². The number of benzene rings is 2. The Hall–Kier alpha value is -3.93. The van der Waals surface area contributed by atoms with E-state index in [0.717, 1.165) is 16.7 Å². The first kappa shape index (κ1) is 20.3. The summed E-state index contributed by atoms with van der Waals surface area (Å²) in [5.74, 6) is -0.992. The Kier molecular flexibility index (Phi) is 6.08. The second-order valence-electron chi connectivity index (χ2n) is 7.39. The molecule has 2 aromatic heterocycles. The first-order valence-electron chi connectivity index (χ1n) is 10.1. The number of esters is 1.